The number of aromatic amines is 1. The lowest BCUT2D eigenvalue weighted by Crippen LogP contribution is -2.05. The number of alkyl halides is 1. The van der Waals surface area contributed by atoms with Crippen LogP contribution in [0.25, 0.3) is 10.9 Å². The molecule has 0 spiro atoms. The van der Waals surface area contributed by atoms with Crippen LogP contribution in [0, 0.1) is 0 Å². The van der Waals surface area contributed by atoms with Crippen LogP contribution in [-0.2, 0) is 5.88 Å². The monoisotopic (exact) mass is 277 g/mol. The normalized spacial score (nSPS) is 10.9. The predicted octanol–water partition coefficient (Wildman–Crippen LogP) is 3.28. The zero-order chi connectivity index (χ0) is 11.9. The molecular weight excluding hydrogens is 272 g/mol. The van der Waals surface area contributed by atoms with Crippen LogP contribution in [0.3, 0.4) is 0 Å². The molecule has 0 unspecified atom stereocenters. The molecule has 84 valence electrons. The second kappa shape index (κ2) is 4.17. The molecule has 0 fully saturated rings. The van der Waals surface area contributed by atoms with Gasteiger partial charge >= 0.3 is 0 Å². The van der Waals surface area contributed by atoms with E-state index in [0.717, 1.165) is 0 Å². The van der Waals surface area contributed by atoms with Crippen molar-refractivity contribution in [3.8, 4) is 5.75 Å². The maximum atomic E-state index is 11.7. The van der Waals surface area contributed by atoms with Crippen molar-refractivity contribution in [1.82, 2.24) is 4.98 Å². The number of hydrogen-bond acceptors (Lipinski definition) is 2. The molecule has 0 saturated carbocycles. The number of benzene rings is 1. The van der Waals surface area contributed by atoms with E-state index in [0.29, 0.717) is 5.69 Å². The Balaban J connectivity index is 3.00. The summed E-state index contributed by atoms with van der Waals surface area (Å²) in [5, 5.41) is 10.2. The lowest BCUT2D eigenvalue weighted by molar-refractivity contribution is 0.480. The zero-order valence-electron chi connectivity index (χ0n) is 7.85. The molecule has 1 aromatic heterocycles. The summed E-state index contributed by atoms with van der Waals surface area (Å²) in [4.78, 5) is 14.5. The summed E-state index contributed by atoms with van der Waals surface area (Å²) in [6.45, 7) is 0. The van der Waals surface area contributed by atoms with Crippen molar-refractivity contribution in [3.05, 3.63) is 38.1 Å². The number of fused-ring (bicyclic) bond motifs is 1. The molecule has 0 bridgehead atoms. The Kier molecular flexibility index (Phi) is 3.02. The van der Waals surface area contributed by atoms with Gasteiger partial charge in [0.1, 0.15) is 0 Å². The Morgan fingerprint density at radius 3 is 2.56 bits per heavy atom. The molecule has 0 aliphatic rings. The highest BCUT2D eigenvalue weighted by Crippen LogP contribution is 2.34. The fourth-order valence-corrected chi connectivity index (χ4v) is 2.17. The molecule has 0 atom stereocenters. The number of aromatic nitrogens is 1. The van der Waals surface area contributed by atoms with Crippen molar-refractivity contribution in [2.45, 2.75) is 5.88 Å². The third kappa shape index (κ3) is 1.75. The molecule has 0 amide bonds. The van der Waals surface area contributed by atoms with Crippen LogP contribution in [0.2, 0.25) is 10.0 Å². The van der Waals surface area contributed by atoms with Crippen molar-refractivity contribution in [1.29, 1.82) is 0 Å². The van der Waals surface area contributed by atoms with Crippen molar-refractivity contribution in [3.63, 3.8) is 0 Å². The average Bonchev–Trinajstić information content (AvgIpc) is 2.24. The summed E-state index contributed by atoms with van der Waals surface area (Å²) < 4.78 is 0. The van der Waals surface area contributed by atoms with E-state index in [1.807, 2.05) is 0 Å². The Labute approximate surface area is 106 Å². The van der Waals surface area contributed by atoms with E-state index in [4.69, 9.17) is 34.8 Å². The summed E-state index contributed by atoms with van der Waals surface area (Å²) in [5.74, 6) is -0.0699. The van der Waals surface area contributed by atoms with Crippen molar-refractivity contribution in [2.24, 2.45) is 0 Å². The minimum Gasteiger partial charge on any atom is -0.504 e. The van der Waals surface area contributed by atoms with Crippen LogP contribution in [-0.4, -0.2) is 10.1 Å². The molecule has 0 radical (unpaired) electrons. The molecule has 0 saturated heterocycles. The highest BCUT2D eigenvalue weighted by Gasteiger charge is 2.13. The first-order chi connectivity index (χ1) is 7.54. The van der Waals surface area contributed by atoms with Gasteiger partial charge in [0.15, 0.2) is 11.2 Å². The molecule has 3 nitrogen and oxygen atoms in total. The Bertz CT molecular complexity index is 621. The van der Waals surface area contributed by atoms with Gasteiger partial charge in [-0.3, -0.25) is 4.79 Å². The Morgan fingerprint density at radius 2 is 1.94 bits per heavy atom. The lowest BCUT2D eigenvalue weighted by atomic mass is 10.2. The van der Waals surface area contributed by atoms with Crippen LogP contribution in [0.1, 0.15) is 5.69 Å². The summed E-state index contributed by atoms with van der Waals surface area (Å²) in [5.41, 5.74) is 0.398. The first-order valence-electron chi connectivity index (χ1n) is 4.33. The van der Waals surface area contributed by atoms with E-state index in [9.17, 15) is 9.90 Å². The van der Waals surface area contributed by atoms with Crippen molar-refractivity contribution in [2.75, 3.05) is 0 Å². The van der Waals surface area contributed by atoms with Crippen molar-refractivity contribution < 1.29 is 5.11 Å². The topological polar surface area (TPSA) is 53.1 Å². The van der Waals surface area contributed by atoms with Gasteiger partial charge in [0.25, 0.3) is 0 Å². The summed E-state index contributed by atoms with van der Waals surface area (Å²) >= 11 is 17.3. The predicted molar refractivity (Wildman–Crippen MR) is 65.8 cm³/mol. The fraction of sp³-hybridized carbons (Fsp3) is 0.100. The smallest absolute Gasteiger partial charge is 0.191 e. The molecule has 1 heterocycles. The molecular formula is C10H6Cl3NO2. The van der Waals surface area contributed by atoms with Gasteiger partial charge in [0.2, 0.25) is 0 Å². The Hall–Kier alpha value is -0.900. The molecule has 2 rings (SSSR count). The van der Waals surface area contributed by atoms with Gasteiger partial charge in [-0.1, -0.05) is 23.2 Å². The van der Waals surface area contributed by atoms with Gasteiger partial charge in [0, 0.05) is 11.8 Å². The average molecular weight is 279 g/mol. The van der Waals surface area contributed by atoms with E-state index >= 15 is 0 Å². The highest BCUT2D eigenvalue weighted by atomic mass is 35.5. The number of hydrogen-bond donors (Lipinski definition) is 2. The molecule has 6 heteroatoms. The van der Waals surface area contributed by atoms with E-state index in [1.165, 1.54) is 12.1 Å². The number of nitrogens with one attached hydrogen (secondary N) is 1. The van der Waals surface area contributed by atoms with Gasteiger partial charge in [0.05, 0.1) is 26.8 Å². The molecule has 1 aromatic carbocycles. The number of aromatic hydroxyl groups is 1. The van der Waals surface area contributed by atoms with Crippen LogP contribution in [0.5, 0.6) is 5.75 Å². The third-order valence-corrected chi connectivity index (χ3v) is 3.06. The first kappa shape index (κ1) is 11.6. The first-order valence-corrected chi connectivity index (χ1v) is 5.62. The number of halogens is 3. The minimum absolute atomic E-state index is 0.0832. The van der Waals surface area contributed by atoms with E-state index < -0.39 is 0 Å². The molecule has 2 aromatic rings. The van der Waals surface area contributed by atoms with Gasteiger partial charge < -0.3 is 10.1 Å². The largest absolute Gasteiger partial charge is 0.504 e. The number of H-pyrrole nitrogens is 1. The maximum Gasteiger partial charge on any atom is 0.191 e. The number of rotatable bonds is 1. The Morgan fingerprint density at radius 1 is 1.25 bits per heavy atom. The number of pyridine rings is 1. The second-order valence-corrected chi connectivity index (χ2v) is 4.31. The molecule has 0 aliphatic carbocycles. The van der Waals surface area contributed by atoms with Gasteiger partial charge in [-0.2, -0.15) is 0 Å². The molecule has 2 N–H and O–H groups in total. The number of phenols is 1. The van der Waals surface area contributed by atoms with Crippen LogP contribution < -0.4 is 5.43 Å². The molecule has 0 aliphatic heterocycles. The zero-order valence-corrected chi connectivity index (χ0v) is 10.1. The summed E-state index contributed by atoms with van der Waals surface area (Å²) in [6, 6.07) is 2.67. The minimum atomic E-state index is -0.304. The fourth-order valence-electron chi connectivity index (χ4n) is 1.47. The van der Waals surface area contributed by atoms with E-state index in [1.54, 1.807) is 0 Å². The van der Waals surface area contributed by atoms with E-state index in [2.05, 4.69) is 4.98 Å². The van der Waals surface area contributed by atoms with Gasteiger partial charge in [-0.25, -0.2) is 0 Å². The van der Waals surface area contributed by atoms with Gasteiger partial charge in [-0.05, 0) is 6.07 Å². The lowest BCUT2D eigenvalue weighted by Gasteiger charge is -2.06. The van der Waals surface area contributed by atoms with Crippen molar-refractivity contribution >= 4 is 45.7 Å². The van der Waals surface area contributed by atoms with E-state index in [-0.39, 0.29) is 38.0 Å². The quantitative estimate of drug-likeness (QED) is 0.787. The van der Waals surface area contributed by atoms with Crippen LogP contribution in [0.4, 0.5) is 0 Å². The maximum absolute atomic E-state index is 11.7. The van der Waals surface area contributed by atoms with Gasteiger partial charge in [-0.15, -0.1) is 11.6 Å². The highest BCUT2D eigenvalue weighted by molar-refractivity contribution is 6.39. The van der Waals surface area contributed by atoms with Crippen LogP contribution in [0.15, 0.2) is 16.9 Å². The summed E-state index contributed by atoms with van der Waals surface area (Å²) in [6.07, 6.45) is 0. The number of phenolic OH excluding ortho intramolecular Hbond substituents is 1. The third-order valence-electron chi connectivity index (χ3n) is 2.19. The summed E-state index contributed by atoms with van der Waals surface area (Å²) in [7, 11) is 0. The SMILES string of the molecule is O=c1cc(CCl)[nH]c2c(O)c(Cl)cc(Cl)c12. The molecule has 16 heavy (non-hydrogen) atoms. The van der Waals surface area contributed by atoms with Crippen LogP contribution >= 0.6 is 34.8 Å². The second-order valence-electron chi connectivity index (χ2n) is 3.23. The standard InChI is InChI=1S/C10H6Cl3NO2/c11-3-4-1-7(15)8-5(12)2-6(13)10(16)9(8)14-4/h1-2,16H,3H2,(H,14,15).